The number of likely N-dealkylation sites (N-methyl/N-ethyl adjacent to an activating group) is 3. The van der Waals surface area contributed by atoms with E-state index in [4.69, 9.17) is 0 Å². The zero-order valence-electron chi connectivity index (χ0n) is 16.9. The Balaban J connectivity index is -0.000000247. The fraction of sp³-hybridized carbons (Fsp3) is 0.895. The topological polar surface area (TPSA) is 18.5 Å². The third-order valence-corrected chi connectivity index (χ3v) is 3.44. The van der Waals surface area contributed by atoms with Crippen LogP contribution >= 0.6 is 0 Å². The molecule has 0 heterocycles. The van der Waals surface area contributed by atoms with Crippen LogP contribution in [0.1, 0.15) is 53.9 Å². The average Bonchev–Trinajstić information content (AvgIpc) is 2.49. The van der Waals surface area contributed by atoms with Gasteiger partial charge in [0, 0.05) is 19.6 Å². The van der Waals surface area contributed by atoms with Crippen molar-refractivity contribution in [1.82, 2.24) is 15.1 Å². The number of nitrogens with one attached hydrogen (secondary N) is 1. The SMILES string of the molecule is C=CCN(C)CC.CCCC(C)CC.CCNCCN(C)C. The highest BCUT2D eigenvalue weighted by molar-refractivity contribution is 4.69. The lowest BCUT2D eigenvalue weighted by atomic mass is 10.0. The summed E-state index contributed by atoms with van der Waals surface area (Å²) >= 11 is 0. The van der Waals surface area contributed by atoms with E-state index in [-0.39, 0.29) is 0 Å². The van der Waals surface area contributed by atoms with Gasteiger partial charge in [-0.2, -0.15) is 0 Å². The highest BCUT2D eigenvalue weighted by atomic mass is 15.1. The van der Waals surface area contributed by atoms with Crippen molar-refractivity contribution in [1.29, 1.82) is 0 Å². The summed E-state index contributed by atoms with van der Waals surface area (Å²) in [4.78, 5) is 4.36. The van der Waals surface area contributed by atoms with Gasteiger partial charge < -0.3 is 15.1 Å². The Morgan fingerprint density at radius 1 is 1.09 bits per heavy atom. The molecule has 0 saturated carbocycles. The molecule has 0 fully saturated rings. The molecule has 3 heteroatoms. The van der Waals surface area contributed by atoms with Crippen LogP contribution in [0.4, 0.5) is 0 Å². The van der Waals surface area contributed by atoms with E-state index >= 15 is 0 Å². The van der Waals surface area contributed by atoms with E-state index in [2.05, 4.69) is 77.5 Å². The van der Waals surface area contributed by atoms with Crippen molar-refractivity contribution >= 4 is 0 Å². The molecule has 22 heavy (non-hydrogen) atoms. The zero-order chi connectivity index (χ0) is 17.8. The molecule has 0 bridgehead atoms. The van der Waals surface area contributed by atoms with Crippen LogP contribution < -0.4 is 5.32 Å². The van der Waals surface area contributed by atoms with Gasteiger partial charge in [-0.05, 0) is 40.2 Å². The maximum Gasteiger partial charge on any atom is 0.0157 e. The van der Waals surface area contributed by atoms with Crippen LogP contribution in [0.25, 0.3) is 0 Å². The molecule has 1 unspecified atom stereocenters. The molecule has 136 valence electrons. The van der Waals surface area contributed by atoms with Crippen molar-refractivity contribution in [3.05, 3.63) is 12.7 Å². The van der Waals surface area contributed by atoms with Crippen LogP contribution in [0.3, 0.4) is 0 Å². The van der Waals surface area contributed by atoms with Gasteiger partial charge in [-0.1, -0.05) is 60.0 Å². The lowest BCUT2D eigenvalue weighted by molar-refractivity contribution is 0.392. The molecular formula is C19H45N3. The monoisotopic (exact) mass is 315 g/mol. The second kappa shape index (κ2) is 22.9. The first kappa shape index (κ1) is 26.5. The summed E-state index contributed by atoms with van der Waals surface area (Å²) in [6.45, 7) is 20.1. The molecular weight excluding hydrogens is 270 g/mol. The van der Waals surface area contributed by atoms with Crippen LogP contribution in [0.2, 0.25) is 0 Å². The summed E-state index contributed by atoms with van der Waals surface area (Å²) in [5, 5.41) is 3.24. The fourth-order valence-corrected chi connectivity index (χ4v) is 1.53. The highest BCUT2D eigenvalue weighted by Gasteiger charge is 1.92. The van der Waals surface area contributed by atoms with E-state index in [9.17, 15) is 0 Å². The van der Waals surface area contributed by atoms with E-state index in [1.165, 1.54) is 19.3 Å². The normalized spacial score (nSPS) is 11.4. The first-order chi connectivity index (χ1) is 10.4. The zero-order valence-corrected chi connectivity index (χ0v) is 16.9. The van der Waals surface area contributed by atoms with E-state index < -0.39 is 0 Å². The van der Waals surface area contributed by atoms with Crippen molar-refractivity contribution in [3.63, 3.8) is 0 Å². The van der Waals surface area contributed by atoms with Crippen molar-refractivity contribution in [3.8, 4) is 0 Å². The molecule has 0 saturated heterocycles. The first-order valence-electron chi connectivity index (χ1n) is 9.04. The molecule has 0 spiro atoms. The highest BCUT2D eigenvalue weighted by Crippen LogP contribution is 2.07. The number of hydrogen-bond acceptors (Lipinski definition) is 3. The molecule has 1 atom stereocenters. The van der Waals surface area contributed by atoms with Crippen LogP contribution in [0.15, 0.2) is 12.7 Å². The van der Waals surface area contributed by atoms with Crippen molar-refractivity contribution in [2.24, 2.45) is 5.92 Å². The van der Waals surface area contributed by atoms with Gasteiger partial charge in [-0.15, -0.1) is 6.58 Å². The van der Waals surface area contributed by atoms with E-state index in [0.717, 1.165) is 38.6 Å². The molecule has 0 aromatic carbocycles. The lowest BCUT2D eigenvalue weighted by Gasteiger charge is -2.08. The minimum atomic E-state index is 0.949. The van der Waals surface area contributed by atoms with Gasteiger partial charge in [0.2, 0.25) is 0 Å². The summed E-state index contributed by atoms with van der Waals surface area (Å²) in [6, 6.07) is 0. The fourth-order valence-electron chi connectivity index (χ4n) is 1.53. The minimum Gasteiger partial charge on any atom is -0.316 e. The van der Waals surface area contributed by atoms with Crippen LogP contribution in [0, 0.1) is 5.92 Å². The predicted molar refractivity (Wildman–Crippen MR) is 105 cm³/mol. The van der Waals surface area contributed by atoms with Gasteiger partial charge in [0.15, 0.2) is 0 Å². The molecule has 0 aliphatic rings. The van der Waals surface area contributed by atoms with E-state index in [1.54, 1.807) is 0 Å². The molecule has 0 aromatic heterocycles. The molecule has 1 N–H and O–H groups in total. The molecule has 3 nitrogen and oxygen atoms in total. The lowest BCUT2D eigenvalue weighted by Crippen LogP contribution is -2.26. The van der Waals surface area contributed by atoms with Gasteiger partial charge in [-0.25, -0.2) is 0 Å². The second-order valence-electron chi connectivity index (χ2n) is 6.10. The van der Waals surface area contributed by atoms with Gasteiger partial charge in [0.1, 0.15) is 0 Å². The van der Waals surface area contributed by atoms with E-state index in [1.807, 2.05) is 6.08 Å². The van der Waals surface area contributed by atoms with E-state index in [0.29, 0.717) is 0 Å². The number of rotatable bonds is 10. The van der Waals surface area contributed by atoms with Crippen molar-refractivity contribution in [2.75, 3.05) is 53.9 Å². The summed E-state index contributed by atoms with van der Waals surface area (Å²) in [5.74, 6) is 0.949. The minimum absolute atomic E-state index is 0.949. The Morgan fingerprint density at radius 3 is 1.91 bits per heavy atom. The Bertz CT molecular complexity index is 193. The molecule has 0 aliphatic heterocycles. The Labute approximate surface area is 142 Å². The Kier molecular flexibility index (Phi) is 27.6. The number of nitrogens with zero attached hydrogens (tertiary/aromatic N) is 2. The molecule has 0 radical (unpaired) electrons. The van der Waals surface area contributed by atoms with Crippen LogP contribution in [-0.4, -0.2) is 63.7 Å². The standard InChI is InChI=1S/C7H16.C6H16N2.C6H13N/c1-4-6-7(3)5-2;1-4-7-5-6-8(2)3;1-4-6-7(3)5-2/h7H,4-6H2,1-3H3;7H,4-6H2,1-3H3;4H,1,5-6H2,2-3H3. The predicted octanol–water partition coefficient (Wildman–Crippen LogP) is 4.11. The molecule has 0 amide bonds. The first-order valence-corrected chi connectivity index (χ1v) is 9.04. The summed E-state index contributed by atoms with van der Waals surface area (Å²) in [6.07, 6.45) is 5.99. The molecule has 0 rings (SSSR count). The quantitative estimate of drug-likeness (QED) is 0.483. The van der Waals surface area contributed by atoms with Gasteiger partial charge in [0.25, 0.3) is 0 Å². The summed E-state index contributed by atoms with van der Waals surface area (Å²) < 4.78 is 0. The second-order valence-corrected chi connectivity index (χ2v) is 6.10. The summed E-state index contributed by atoms with van der Waals surface area (Å²) in [7, 11) is 6.23. The van der Waals surface area contributed by atoms with Gasteiger partial charge in [-0.3, -0.25) is 0 Å². The maximum atomic E-state index is 3.61. The van der Waals surface area contributed by atoms with Crippen LogP contribution in [-0.2, 0) is 0 Å². The van der Waals surface area contributed by atoms with Crippen molar-refractivity contribution in [2.45, 2.75) is 53.9 Å². The summed E-state index contributed by atoms with van der Waals surface area (Å²) in [5.41, 5.74) is 0. The van der Waals surface area contributed by atoms with Crippen LogP contribution in [0.5, 0.6) is 0 Å². The molecule has 0 aliphatic carbocycles. The smallest absolute Gasteiger partial charge is 0.0157 e. The van der Waals surface area contributed by atoms with Gasteiger partial charge >= 0.3 is 0 Å². The maximum absolute atomic E-state index is 3.61. The number of hydrogen-bond donors (Lipinski definition) is 1. The largest absolute Gasteiger partial charge is 0.316 e. The van der Waals surface area contributed by atoms with Crippen molar-refractivity contribution < 1.29 is 0 Å². The average molecular weight is 316 g/mol. The third kappa shape index (κ3) is 31.8. The van der Waals surface area contributed by atoms with Gasteiger partial charge in [0.05, 0.1) is 0 Å². The Hall–Kier alpha value is -0.380. The third-order valence-electron chi connectivity index (χ3n) is 3.44. The Morgan fingerprint density at radius 2 is 1.68 bits per heavy atom. The molecule has 0 aromatic rings.